The maximum atomic E-state index is 11.6. The molecule has 2 aliphatic rings. The average Bonchev–Trinajstić information content (AvgIpc) is 2.95. The van der Waals surface area contributed by atoms with Crippen LogP contribution < -0.4 is 0 Å². The minimum Gasteiger partial charge on any atom is -0.390 e. The van der Waals surface area contributed by atoms with Gasteiger partial charge >= 0.3 is 0 Å². The monoisotopic (exact) mass is 317 g/mol. The molecular weight excluding hydrogens is 290 g/mol. The van der Waals surface area contributed by atoms with Crippen molar-refractivity contribution in [1.29, 1.82) is 0 Å². The molecule has 126 valence electrons. The van der Waals surface area contributed by atoms with Gasteiger partial charge in [-0.25, -0.2) is 0 Å². The first-order chi connectivity index (χ1) is 11.2. The molecule has 2 saturated heterocycles. The quantitative estimate of drug-likeness (QED) is 0.843. The Balaban J connectivity index is 1.38. The molecule has 0 bridgehead atoms. The fraction of sp³-hybridized carbons (Fsp3) is 0.611. The zero-order chi connectivity index (χ0) is 16.1. The van der Waals surface area contributed by atoms with Crippen molar-refractivity contribution >= 4 is 5.91 Å². The second-order valence-electron chi connectivity index (χ2n) is 6.66. The number of likely N-dealkylation sites (tertiary alicyclic amines) is 1. The van der Waals surface area contributed by atoms with E-state index >= 15 is 0 Å². The number of carbonyl (C=O) groups excluding carboxylic acids is 1. The Bertz CT molecular complexity index is 500. The van der Waals surface area contributed by atoms with Crippen molar-refractivity contribution in [2.45, 2.75) is 25.5 Å². The Morgan fingerprint density at radius 1 is 0.957 bits per heavy atom. The summed E-state index contributed by atoms with van der Waals surface area (Å²) in [6, 6.07) is 10.6. The van der Waals surface area contributed by atoms with E-state index in [0.717, 1.165) is 45.7 Å². The number of benzene rings is 1. The van der Waals surface area contributed by atoms with Crippen molar-refractivity contribution in [2.75, 3.05) is 45.8 Å². The van der Waals surface area contributed by atoms with Gasteiger partial charge in [0.1, 0.15) is 0 Å². The lowest BCUT2D eigenvalue weighted by atomic mass is 10.2. The van der Waals surface area contributed by atoms with E-state index in [1.807, 2.05) is 6.07 Å². The van der Waals surface area contributed by atoms with E-state index in [2.05, 4.69) is 34.1 Å². The van der Waals surface area contributed by atoms with Gasteiger partial charge in [0, 0.05) is 58.8 Å². The van der Waals surface area contributed by atoms with E-state index in [-0.39, 0.29) is 5.91 Å². The van der Waals surface area contributed by atoms with Gasteiger partial charge in [0.15, 0.2) is 0 Å². The Morgan fingerprint density at radius 3 is 2.30 bits per heavy atom. The number of hydrogen-bond acceptors (Lipinski definition) is 4. The van der Waals surface area contributed by atoms with Gasteiger partial charge in [0.05, 0.1) is 6.10 Å². The predicted octanol–water partition coefficient (Wildman–Crippen LogP) is 0.788. The van der Waals surface area contributed by atoms with Gasteiger partial charge in [-0.3, -0.25) is 14.6 Å². The Kier molecular flexibility index (Phi) is 5.65. The van der Waals surface area contributed by atoms with Crippen LogP contribution in [0.2, 0.25) is 0 Å². The molecule has 1 amide bonds. The van der Waals surface area contributed by atoms with Crippen LogP contribution in [0.4, 0.5) is 0 Å². The molecule has 3 rings (SSSR count). The van der Waals surface area contributed by atoms with Gasteiger partial charge < -0.3 is 10.0 Å². The van der Waals surface area contributed by atoms with Crippen molar-refractivity contribution in [3.63, 3.8) is 0 Å². The highest BCUT2D eigenvalue weighted by atomic mass is 16.3. The molecule has 0 spiro atoms. The highest BCUT2D eigenvalue weighted by molar-refractivity contribution is 5.78. The van der Waals surface area contributed by atoms with Crippen LogP contribution in [0, 0.1) is 0 Å². The first kappa shape index (κ1) is 16.4. The van der Waals surface area contributed by atoms with E-state index in [0.29, 0.717) is 19.5 Å². The first-order valence-corrected chi connectivity index (χ1v) is 8.65. The third-order valence-electron chi connectivity index (χ3n) is 4.79. The normalized spacial score (nSPS) is 21.8. The number of amides is 1. The van der Waals surface area contributed by atoms with E-state index < -0.39 is 6.10 Å². The van der Waals surface area contributed by atoms with Crippen LogP contribution in [0.3, 0.4) is 0 Å². The summed E-state index contributed by atoms with van der Waals surface area (Å²) < 4.78 is 0. The molecule has 1 unspecified atom stereocenters. The summed E-state index contributed by atoms with van der Waals surface area (Å²) in [4.78, 5) is 18.2. The maximum absolute atomic E-state index is 11.6. The third-order valence-corrected chi connectivity index (χ3v) is 4.79. The molecule has 23 heavy (non-hydrogen) atoms. The predicted molar refractivity (Wildman–Crippen MR) is 90.0 cm³/mol. The molecule has 0 radical (unpaired) electrons. The molecule has 1 atom stereocenters. The Hall–Kier alpha value is -1.43. The van der Waals surface area contributed by atoms with Crippen LogP contribution in [0.5, 0.6) is 0 Å². The minimum atomic E-state index is -0.433. The number of β-amino-alcohol motifs (C(OH)–C–C–N with tert-alkyl or cyclic N) is 1. The van der Waals surface area contributed by atoms with Gasteiger partial charge in [-0.05, 0) is 12.0 Å². The van der Waals surface area contributed by atoms with E-state index in [9.17, 15) is 9.90 Å². The highest BCUT2D eigenvalue weighted by Gasteiger charge is 2.24. The molecule has 1 aromatic rings. The van der Waals surface area contributed by atoms with Gasteiger partial charge in [-0.1, -0.05) is 30.3 Å². The van der Waals surface area contributed by atoms with Crippen LogP contribution >= 0.6 is 0 Å². The van der Waals surface area contributed by atoms with Crippen molar-refractivity contribution in [3.8, 4) is 0 Å². The van der Waals surface area contributed by atoms with E-state index in [1.54, 1.807) is 4.90 Å². The summed E-state index contributed by atoms with van der Waals surface area (Å²) in [5, 5.41) is 10.2. The molecule has 2 aliphatic heterocycles. The first-order valence-electron chi connectivity index (χ1n) is 8.65. The number of rotatable bonds is 6. The lowest BCUT2D eigenvalue weighted by Gasteiger charge is -2.36. The van der Waals surface area contributed by atoms with Gasteiger partial charge in [0.2, 0.25) is 5.91 Å². The third kappa shape index (κ3) is 4.77. The fourth-order valence-corrected chi connectivity index (χ4v) is 3.48. The molecule has 5 nitrogen and oxygen atoms in total. The lowest BCUT2D eigenvalue weighted by Crippen LogP contribution is -2.49. The number of aliphatic hydroxyl groups is 1. The van der Waals surface area contributed by atoms with Gasteiger partial charge in [0.25, 0.3) is 0 Å². The van der Waals surface area contributed by atoms with E-state index in [1.165, 1.54) is 5.56 Å². The number of aliphatic hydroxyl groups excluding tert-OH is 1. The average molecular weight is 317 g/mol. The van der Waals surface area contributed by atoms with Crippen molar-refractivity contribution in [2.24, 2.45) is 0 Å². The van der Waals surface area contributed by atoms with Crippen molar-refractivity contribution < 1.29 is 9.90 Å². The summed E-state index contributed by atoms with van der Waals surface area (Å²) in [7, 11) is 0. The minimum absolute atomic E-state index is 0.191. The van der Waals surface area contributed by atoms with Crippen LogP contribution in [0.15, 0.2) is 30.3 Å². The standard InChI is InChI=1S/C18H27N3O2/c22-17(15-21-8-4-7-18(21)23)14-20-11-9-19(10-12-20)13-16-5-2-1-3-6-16/h1-3,5-6,17,22H,4,7-15H2. The molecule has 1 N–H and O–H groups in total. The SMILES string of the molecule is O=C1CCCN1CC(O)CN1CCN(Cc2ccccc2)CC1. The number of nitrogens with zero attached hydrogens (tertiary/aromatic N) is 3. The largest absolute Gasteiger partial charge is 0.390 e. The van der Waals surface area contributed by atoms with Gasteiger partial charge in [-0.2, -0.15) is 0 Å². The summed E-state index contributed by atoms with van der Waals surface area (Å²) in [6.45, 7) is 7.00. The Labute approximate surface area is 138 Å². The van der Waals surface area contributed by atoms with E-state index in [4.69, 9.17) is 0 Å². The van der Waals surface area contributed by atoms with Crippen LogP contribution in [0.1, 0.15) is 18.4 Å². The zero-order valence-corrected chi connectivity index (χ0v) is 13.7. The van der Waals surface area contributed by atoms with Crippen LogP contribution in [-0.4, -0.2) is 77.6 Å². The Morgan fingerprint density at radius 2 is 1.65 bits per heavy atom. The molecule has 0 saturated carbocycles. The number of carbonyl (C=O) groups is 1. The molecule has 5 heteroatoms. The zero-order valence-electron chi connectivity index (χ0n) is 13.7. The topological polar surface area (TPSA) is 47.0 Å². The number of piperazine rings is 1. The van der Waals surface area contributed by atoms with Gasteiger partial charge in [-0.15, -0.1) is 0 Å². The highest BCUT2D eigenvalue weighted by Crippen LogP contribution is 2.12. The fourth-order valence-electron chi connectivity index (χ4n) is 3.48. The molecular formula is C18H27N3O2. The second-order valence-corrected chi connectivity index (χ2v) is 6.66. The van der Waals surface area contributed by atoms with Crippen molar-refractivity contribution in [1.82, 2.24) is 14.7 Å². The van der Waals surface area contributed by atoms with Crippen molar-refractivity contribution in [3.05, 3.63) is 35.9 Å². The maximum Gasteiger partial charge on any atom is 0.222 e. The second kappa shape index (κ2) is 7.90. The summed E-state index contributed by atoms with van der Waals surface area (Å²) in [5.74, 6) is 0.191. The lowest BCUT2D eigenvalue weighted by molar-refractivity contribution is -0.129. The van der Waals surface area contributed by atoms with Crippen LogP contribution in [0.25, 0.3) is 0 Å². The number of hydrogen-bond donors (Lipinski definition) is 1. The molecule has 2 heterocycles. The summed E-state index contributed by atoms with van der Waals surface area (Å²) in [6.07, 6.45) is 1.15. The summed E-state index contributed by atoms with van der Waals surface area (Å²) >= 11 is 0. The molecule has 0 aliphatic carbocycles. The van der Waals surface area contributed by atoms with Crippen LogP contribution in [-0.2, 0) is 11.3 Å². The molecule has 0 aromatic heterocycles. The molecule has 2 fully saturated rings. The molecule has 1 aromatic carbocycles. The smallest absolute Gasteiger partial charge is 0.222 e. The summed E-state index contributed by atoms with van der Waals surface area (Å²) in [5.41, 5.74) is 1.36.